The Hall–Kier alpha value is -4.60. The minimum Gasteiger partial charge on any atom is -0.248 e. The van der Waals surface area contributed by atoms with Gasteiger partial charge in [-0.05, 0) is 46.2 Å². The van der Waals surface area contributed by atoms with Gasteiger partial charge in [0.15, 0.2) is 0 Å². The van der Waals surface area contributed by atoms with E-state index in [1.54, 1.807) is 0 Å². The second-order valence-electron chi connectivity index (χ2n) is 11.8. The lowest BCUT2D eigenvalue weighted by Gasteiger charge is -2.23. The molecule has 0 unspecified atom stereocenters. The van der Waals surface area contributed by atoms with Crippen molar-refractivity contribution < 1.29 is 0 Å². The summed E-state index contributed by atoms with van der Waals surface area (Å²) in [6.45, 7) is 6.69. The highest BCUT2D eigenvalue weighted by Gasteiger charge is 2.25. The predicted molar refractivity (Wildman–Crippen MR) is 177 cm³/mol. The molecule has 2 heterocycles. The first-order valence-corrected chi connectivity index (χ1v) is 14.9. The molecule has 0 saturated heterocycles. The van der Waals surface area contributed by atoms with Crippen molar-refractivity contribution in [2.24, 2.45) is 0 Å². The summed E-state index contributed by atoms with van der Waals surface area (Å²) in [5.41, 5.74) is 7.20. The van der Waals surface area contributed by atoms with Gasteiger partial charge in [0.25, 0.3) is 0 Å². The SMILES string of the molecule is CC(C)(C)c1nc2c3ccccc3c3ccccc3c2nc1-c1cccc(-c2ccc3sc4ccccc4c3c2)c1. The largest absolute Gasteiger partial charge is 0.248 e. The summed E-state index contributed by atoms with van der Waals surface area (Å²) in [6, 6.07) is 41.5. The van der Waals surface area contributed by atoms with Crippen molar-refractivity contribution >= 4 is 64.1 Å². The number of nitrogens with zero attached hydrogens (tertiary/aromatic N) is 2. The molecule has 0 aliphatic carbocycles. The van der Waals surface area contributed by atoms with Crippen LogP contribution < -0.4 is 0 Å². The van der Waals surface area contributed by atoms with Crippen molar-refractivity contribution in [2.45, 2.75) is 26.2 Å². The van der Waals surface area contributed by atoms with Crippen LogP contribution in [0.3, 0.4) is 0 Å². The number of aromatic nitrogens is 2. The van der Waals surface area contributed by atoms with E-state index < -0.39 is 0 Å². The second-order valence-corrected chi connectivity index (χ2v) is 12.9. The Morgan fingerprint density at radius 2 is 1.02 bits per heavy atom. The fourth-order valence-corrected chi connectivity index (χ4v) is 7.22. The summed E-state index contributed by atoms with van der Waals surface area (Å²) in [5, 5.41) is 7.35. The number of fused-ring (bicyclic) bond motifs is 9. The molecule has 196 valence electrons. The van der Waals surface area contributed by atoms with E-state index in [-0.39, 0.29) is 5.41 Å². The number of benzene rings is 6. The highest BCUT2D eigenvalue weighted by molar-refractivity contribution is 7.25. The van der Waals surface area contributed by atoms with Crippen LogP contribution in [0.1, 0.15) is 26.5 Å². The van der Waals surface area contributed by atoms with Crippen molar-refractivity contribution in [1.29, 1.82) is 0 Å². The van der Waals surface area contributed by atoms with Crippen LogP contribution in [-0.4, -0.2) is 9.97 Å². The molecule has 0 saturated carbocycles. The Labute approximate surface area is 242 Å². The Balaban J connectivity index is 1.38. The maximum absolute atomic E-state index is 5.45. The van der Waals surface area contributed by atoms with Crippen LogP contribution in [0, 0.1) is 0 Å². The molecule has 2 aromatic heterocycles. The van der Waals surface area contributed by atoms with Gasteiger partial charge in [0.2, 0.25) is 0 Å². The van der Waals surface area contributed by atoms with E-state index in [4.69, 9.17) is 9.97 Å². The first-order valence-electron chi connectivity index (χ1n) is 14.1. The molecule has 0 aliphatic rings. The van der Waals surface area contributed by atoms with E-state index in [2.05, 4.69) is 136 Å². The average molecular weight is 545 g/mol. The predicted octanol–water partition coefficient (Wildman–Crippen LogP) is 10.9. The monoisotopic (exact) mass is 544 g/mol. The summed E-state index contributed by atoms with van der Waals surface area (Å²) >= 11 is 1.85. The van der Waals surface area contributed by atoms with E-state index >= 15 is 0 Å². The minimum atomic E-state index is -0.187. The third-order valence-electron chi connectivity index (χ3n) is 8.11. The molecular weight excluding hydrogens is 516 g/mol. The standard InChI is InChI=1S/C38H28N2S/c1-38(2,3)37-34(39-35-29-16-6-4-13-26(29)27-14-5-7-17-30(27)36(35)40-37)25-12-10-11-23(21-25)24-19-20-33-31(22-24)28-15-8-9-18-32(28)41-33/h4-22H,1-3H3. The molecule has 0 bridgehead atoms. The van der Waals surface area contributed by atoms with Gasteiger partial charge in [-0.3, -0.25) is 0 Å². The lowest BCUT2D eigenvalue weighted by Crippen LogP contribution is -2.16. The van der Waals surface area contributed by atoms with Gasteiger partial charge in [0.05, 0.1) is 22.4 Å². The normalized spacial score (nSPS) is 12.3. The van der Waals surface area contributed by atoms with Gasteiger partial charge in [-0.15, -0.1) is 11.3 Å². The van der Waals surface area contributed by atoms with Crippen LogP contribution in [0.2, 0.25) is 0 Å². The smallest absolute Gasteiger partial charge is 0.0979 e. The Bertz CT molecular complexity index is 2300. The van der Waals surface area contributed by atoms with E-state index in [0.29, 0.717) is 0 Å². The van der Waals surface area contributed by atoms with Gasteiger partial charge in [0.1, 0.15) is 0 Å². The summed E-state index contributed by atoms with van der Waals surface area (Å²) in [5.74, 6) is 0. The maximum Gasteiger partial charge on any atom is 0.0979 e. The molecule has 2 nitrogen and oxygen atoms in total. The third-order valence-corrected chi connectivity index (χ3v) is 9.26. The topological polar surface area (TPSA) is 25.8 Å². The molecular formula is C38H28N2S. The molecule has 0 atom stereocenters. The van der Waals surface area contributed by atoms with Crippen LogP contribution in [-0.2, 0) is 5.41 Å². The minimum absolute atomic E-state index is 0.187. The van der Waals surface area contributed by atoms with Gasteiger partial charge >= 0.3 is 0 Å². The molecule has 8 aromatic rings. The number of rotatable bonds is 2. The van der Waals surface area contributed by atoms with E-state index in [1.807, 2.05) is 11.3 Å². The van der Waals surface area contributed by atoms with E-state index in [9.17, 15) is 0 Å². The molecule has 0 spiro atoms. The Morgan fingerprint density at radius 3 is 1.73 bits per heavy atom. The molecule has 6 aromatic carbocycles. The molecule has 0 fully saturated rings. The fourth-order valence-electron chi connectivity index (χ4n) is 6.14. The molecule has 3 heteroatoms. The molecule has 41 heavy (non-hydrogen) atoms. The maximum atomic E-state index is 5.45. The van der Waals surface area contributed by atoms with Gasteiger partial charge in [-0.1, -0.05) is 112 Å². The third kappa shape index (κ3) is 3.84. The number of hydrogen-bond donors (Lipinski definition) is 0. The zero-order chi connectivity index (χ0) is 27.7. The lowest BCUT2D eigenvalue weighted by atomic mass is 9.87. The number of thiophene rings is 1. The second kappa shape index (κ2) is 8.95. The van der Waals surface area contributed by atoms with Crippen LogP contribution >= 0.6 is 11.3 Å². The highest BCUT2D eigenvalue weighted by Crippen LogP contribution is 2.40. The van der Waals surface area contributed by atoms with E-state index in [0.717, 1.165) is 38.8 Å². The zero-order valence-corrected chi connectivity index (χ0v) is 24.1. The van der Waals surface area contributed by atoms with Gasteiger partial charge in [-0.25, -0.2) is 9.97 Å². The highest BCUT2D eigenvalue weighted by atomic mass is 32.1. The van der Waals surface area contributed by atoms with Crippen molar-refractivity contribution in [3.63, 3.8) is 0 Å². The molecule has 0 radical (unpaired) electrons. The number of hydrogen-bond acceptors (Lipinski definition) is 3. The van der Waals surface area contributed by atoms with Gasteiger partial charge < -0.3 is 0 Å². The quantitative estimate of drug-likeness (QED) is 0.202. The average Bonchev–Trinajstić information content (AvgIpc) is 3.38. The molecule has 0 amide bonds. The lowest BCUT2D eigenvalue weighted by molar-refractivity contribution is 0.571. The first-order chi connectivity index (χ1) is 20.0. The van der Waals surface area contributed by atoms with Crippen LogP contribution in [0.4, 0.5) is 0 Å². The van der Waals surface area contributed by atoms with Gasteiger partial charge in [-0.2, -0.15) is 0 Å². The first kappa shape index (κ1) is 24.2. The van der Waals surface area contributed by atoms with Crippen LogP contribution in [0.5, 0.6) is 0 Å². The van der Waals surface area contributed by atoms with Crippen LogP contribution in [0.15, 0.2) is 115 Å². The summed E-state index contributed by atoms with van der Waals surface area (Å²) in [4.78, 5) is 10.9. The van der Waals surface area contributed by atoms with Crippen molar-refractivity contribution in [1.82, 2.24) is 9.97 Å². The summed E-state index contributed by atoms with van der Waals surface area (Å²) in [7, 11) is 0. The van der Waals surface area contributed by atoms with Crippen molar-refractivity contribution in [3.8, 4) is 22.4 Å². The Morgan fingerprint density at radius 1 is 0.463 bits per heavy atom. The van der Waals surface area contributed by atoms with Crippen LogP contribution in [0.25, 0.3) is 75.1 Å². The van der Waals surface area contributed by atoms with Crippen molar-refractivity contribution in [3.05, 3.63) is 121 Å². The van der Waals surface area contributed by atoms with Gasteiger partial charge in [0, 0.05) is 41.9 Å². The summed E-state index contributed by atoms with van der Waals surface area (Å²) in [6.07, 6.45) is 0. The fraction of sp³-hybridized carbons (Fsp3) is 0.105. The van der Waals surface area contributed by atoms with E-state index in [1.165, 1.54) is 42.1 Å². The molecule has 0 N–H and O–H groups in total. The molecule has 0 aliphatic heterocycles. The zero-order valence-electron chi connectivity index (χ0n) is 23.3. The molecule has 8 rings (SSSR count). The Kier molecular flexibility index (Phi) is 5.29. The van der Waals surface area contributed by atoms with Crippen molar-refractivity contribution in [2.75, 3.05) is 0 Å². The summed E-state index contributed by atoms with van der Waals surface area (Å²) < 4.78 is 2.65.